The predicted octanol–water partition coefficient (Wildman–Crippen LogP) is 1.67. The molecule has 0 unspecified atom stereocenters. The molecule has 1 amide bonds. The summed E-state index contributed by atoms with van der Waals surface area (Å²) in [6, 6.07) is 5.73. The summed E-state index contributed by atoms with van der Waals surface area (Å²) in [7, 11) is 0. The molecule has 4 nitrogen and oxygen atoms in total. The minimum atomic E-state index is -0.809. The lowest BCUT2D eigenvalue weighted by atomic mass is 10.0. The molecular weight excluding hydrogens is 216 g/mol. The summed E-state index contributed by atoms with van der Waals surface area (Å²) in [5.41, 5.74) is 6.63. The maximum Gasteiger partial charge on any atom is 0.270 e. The van der Waals surface area contributed by atoms with Crippen LogP contribution in [0.15, 0.2) is 18.2 Å². The number of ether oxygens (including phenoxy) is 1. The van der Waals surface area contributed by atoms with E-state index in [1.54, 1.807) is 18.7 Å². The Kier molecular flexibility index (Phi) is 2.83. The molecule has 1 aromatic rings. The molecule has 2 N–H and O–H groups in total. The second kappa shape index (κ2) is 4.04. The van der Waals surface area contributed by atoms with Gasteiger partial charge in [-0.25, -0.2) is 0 Å². The molecule has 92 valence electrons. The van der Waals surface area contributed by atoms with Crippen molar-refractivity contribution in [3.63, 3.8) is 0 Å². The molecule has 0 atom stereocenters. The number of amides is 1. The first-order valence-electron chi connectivity index (χ1n) is 5.83. The number of fused-ring (bicyclic) bond motifs is 1. The van der Waals surface area contributed by atoms with Crippen LogP contribution in [0.4, 0.5) is 5.69 Å². The van der Waals surface area contributed by atoms with E-state index in [4.69, 9.17) is 10.5 Å². The number of likely N-dealkylation sites (N-methyl/N-ethyl adjacent to an activating group) is 1. The monoisotopic (exact) mass is 234 g/mol. The van der Waals surface area contributed by atoms with Crippen LogP contribution in [0.5, 0.6) is 5.75 Å². The summed E-state index contributed by atoms with van der Waals surface area (Å²) in [6.07, 6.45) is 0. The molecule has 17 heavy (non-hydrogen) atoms. The zero-order valence-corrected chi connectivity index (χ0v) is 10.5. The van der Waals surface area contributed by atoms with Gasteiger partial charge in [0, 0.05) is 13.1 Å². The van der Waals surface area contributed by atoms with Crippen molar-refractivity contribution >= 4 is 11.6 Å². The van der Waals surface area contributed by atoms with Crippen molar-refractivity contribution in [2.75, 3.05) is 11.4 Å². The number of carbonyl (C=O) groups excluding carboxylic acids is 1. The molecule has 0 radical (unpaired) electrons. The second-order valence-electron chi connectivity index (χ2n) is 4.67. The minimum absolute atomic E-state index is 0.00648. The van der Waals surface area contributed by atoms with Crippen LogP contribution in [0.25, 0.3) is 0 Å². The van der Waals surface area contributed by atoms with Crippen LogP contribution in [0.3, 0.4) is 0 Å². The Morgan fingerprint density at radius 3 is 2.71 bits per heavy atom. The van der Waals surface area contributed by atoms with Crippen LogP contribution in [-0.4, -0.2) is 18.1 Å². The van der Waals surface area contributed by atoms with Gasteiger partial charge in [0.1, 0.15) is 5.75 Å². The first-order chi connectivity index (χ1) is 7.99. The van der Waals surface area contributed by atoms with Crippen LogP contribution < -0.4 is 15.4 Å². The van der Waals surface area contributed by atoms with Crippen molar-refractivity contribution in [1.29, 1.82) is 0 Å². The van der Waals surface area contributed by atoms with E-state index < -0.39 is 5.60 Å². The molecule has 1 aliphatic rings. The van der Waals surface area contributed by atoms with Crippen molar-refractivity contribution in [3.05, 3.63) is 23.8 Å². The molecule has 0 bridgehead atoms. The first-order valence-corrected chi connectivity index (χ1v) is 5.83. The van der Waals surface area contributed by atoms with E-state index in [1.807, 2.05) is 25.1 Å². The van der Waals surface area contributed by atoms with Gasteiger partial charge < -0.3 is 15.4 Å². The van der Waals surface area contributed by atoms with Gasteiger partial charge in [0.2, 0.25) is 0 Å². The Morgan fingerprint density at radius 2 is 2.12 bits per heavy atom. The van der Waals surface area contributed by atoms with Crippen LogP contribution in [-0.2, 0) is 11.3 Å². The van der Waals surface area contributed by atoms with Crippen molar-refractivity contribution in [3.8, 4) is 5.75 Å². The third-order valence-corrected chi connectivity index (χ3v) is 2.99. The van der Waals surface area contributed by atoms with Crippen molar-refractivity contribution in [2.45, 2.75) is 32.9 Å². The number of anilines is 1. The summed E-state index contributed by atoms with van der Waals surface area (Å²) in [4.78, 5) is 13.9. The van der Waals surface area contributed by atoms with E-state index in [2.05, 4.69) is 0 Å². The summed E-state index contributed by atoms with van der Waals surface area (Å²) in [5, 5.41) is 0. The lowest BCUT2D eigenvalue weighted by Gasteiger charge is -2.38. The number of rotatable bonds is 2. The van der Waals surface area contributed by atoms with Gasteiger partial charge in [-0.3, -0.25) is 4.79 Å². The molecule has 0 aromatic heterocycles. The fraction of sp³-hybridized carbons (Fsp3) is 0.462. The van der Waals surface area contributed by atoms with Crippen molar-refractivity contribution < 1.29 is 9.53 Å². The predicted molar refractivity (Wildman–Crippen MR) is 67.1 cm³/mol. The summed E-state index contributed by atoms with van der Waals surface area (Å²) < 4.78 is 5.76. The standard InChI is InChI=1S/C13H18N2O2/c1-4-15-10-6-5-9(8-14)7-11(10)17-13(2,3)12(15)16/h5-7H,4,8,14H2,1-3H3. The molecule has 1 aliphatic heterocycles. The van der Waals surface area contributed by atoms with Crippen molar-refractivity contribution in [2.24, 2.45) is 5.73 Å². The van der Waals surface area contributed by atoms with E-state index in [1.165, 1.54) is 0 Å². The van der Waals surface area contributed by atoms with Gasteiger partial charge in [-0.2, -0.15) is 0 Å². The topological polar surface area (TPSA) is 55.6 Å². The number of hydrogen-bond donors (Lipinski definition) is 1. The lowest BCUT2D eigenvalue weighted by molar-refractivity contribution is -0.132. The zero-order valence-electron chi connectivity index (χ0n) is 10.5. The fourth-order valence-electron chi connectivity index (χ4n) is 2.06. The van der Waals surface area contributed by atoms with Crippen LogP contribution in [0, 0.1) is 0 Å². The van der Waals surface area contributed by atoms with E-state index >= 15 is 0 Å². The third kappa shape index (κ3) is 1.89. The molecule has 0 saturated carbocycles. The maximum absolute atomic E-state index is 12.2. The van der Waals surface area contributed by atoms with Crippen LogP contribution >= 0.6 is 0 Å². The summed E-state index contributed by atoms with van der Waals surface area (Å²) in [6.45, 7) is 6.64. The first kappa shape index (κ1) is 11.9. The maximum atomic E-state index is 12.2. The Bertz CT molecular complexity index is 455. The van der Waals surface area contributed by atoms with Gasteiger partial charge in [0.25, 0.3) is 5.91 Å². The van der Waals surface area contributed by atoms with Crippen molar-refractivity contribution in [1.82, 2.24) is 0 Å². The van der Waals surface area contributed by atoms with Crippen LogP contribution in [0.1, 0.15) is 26.3 Å². The Hall–Kier alpha value is -1.55. The highest BCUT2D eigenvalue weighted by molar-refractivity contribution is 6.02. The third-order valence-electron chi connectivity index (χ3n) is 2.99. The fourth-order valence-corrected chi connectivity index (χ4v) is 2.06. The summed E-state index contributed by atoms with van der Waals surface area (Å²) >= 11 is 0. The van der Waals surface area contributed by atoms with Gasteiger partial charge in [-0.05, 0) is 38.5 Å². The number of nitrogens with two attached hydrogens (primary N) is 1. The summed E-state index contributed by atoms with van der Waals surface area (Å²) in [5.74, 6) is 0.729. The second-order valence-corrected chi connectivity index (χ2v) is 4.67. The molecule has 1 heterocycles. The Labute approximate surface area is 101 Å². The van der Waals surface area contributed by atoms with E-state index in [9.17, 15) is 4.79 Å². The molecule has 0 aliphatic carbocycles. The average Bonchev–Trinajstić information content (AvgIpc) is 2.30. The van der Waals surface area contributed by atoms with Gasteiger partial charge >= 0.3 is 0 Å². The van der Waals surface area contributed by atoms with Gasteiger partial charge in [0.05, 0.1) is 5.69 Å². The number of carbonyl (C=O) groups is 1. The minimum Gasteiger partial charge on any atom is -0.476 e. The normalized spacial score (nSPS) is 17.6. The quantitative estimate of drug-likeness (QED) is 0.846. The smallest absolute Gasteiger partial charge is 0.270 e. The van der Waals surface area contributed by atoms with Gasteiger partial charge in [-0.1, -0.05) is 6.07 Å². The SMILES string of the molecule is CCN1C(=O)C(C)(C)Oc2cc(CN)ccc21. The average molecular weight is 234 g/mol. The van der Waals surface area contributed by atoms with Gasteiger partial charge in [0.15, 0.2) is 5.60 Å². The lowest BCUT2D eigenvalue weighted by Crippen LogP contribution is -2.52. The Morgan fingerprint density at radius 1 is 1.41 bits per heavy atom. The molecule has 1 aromatic carbocycles. The highest BCUT2D eigenvalue weighted by atomic mass is 16.5. The molecule has 0 fully saturated rings. The molecule has 2 rings (SSSR count). The highest BCUT2D eigenvalue weighted by Gasteiger charge is 2.40. The zero-order chi connectivity index (χ0) is 12.6. The number of benzene rings is 1. The molecule has 0 saturated heterocycles. The highest BCUT2D eigenvalue weighted by Crippen LogP contribution is 2.38. The molecule has 0 spiro atoms. The van der Waals surface area contributed by atoms with E-state index in [0.717, 1.165) is 17.0 Å². The molecular formula is C13H18N2O2. The van der Waals surface area contributed by atoms with E-state index in [0.29, 0.717) is 13.1 Å². The number of hydrogen-bond acceptors (Lipinski definition) is 3. The molecule has 4 heteroatoms. The van der Waals surface area contributed by atoms with Crippen LogP contribution in [0.2, 0.25) is 0 Å². The van der Waals surface area contributed by atoms with E-state index in [-0.39, 0.29) is 5.91 Å². The van der Waals surface area contributed by atoms with Gasteiger partial charge in [-0.15, -0.1) is 0 Å². The Balaban J connectivity index is 2.52. The number of nitrogens with zero attached hydrogens (tertiary/aromatic N) is 1. The largest absolute Gasteiger partial charge is 0.476 e.